The number of likely N-dealkylation sites (tertiary alicyclic amines) is 1. The lowest BCUT2D eigenvalue weighted by atomic mass is 9.90. The zero-order valence-electron chi connectivity index (χ0n) is 14.9. The number of carboxylic acid groups (broad SMARTS) is 1. The average molecular weight is 337 g/mol. The number of rotatable bonds is 6. The summed E-state index contributed by atoms with van der Waals surface area (Å²) in [4.78, 5) is 13.5. The van der Waals surface area contributed by atoms with Crippen LogP contribution in [0.1, 0.15) is 46.3 Å². The highest BCUT2D eigenvalue weighted by Crippen LogP contribution is 2.24. The van der Waals surface area contributed by atoms with Crippen LogP contribution in [0.25, 0.3) is 0 Å². The Morgan fingerprint density at radius 1 is 1.08 bits per heavy atom. The molecule has 1 heterocycles. The molecule has 132 valence electrons. The van der Waals surface area contributed by atoms with Crippen molar-refractivity contribution in [3.8, 4) is 0 Å². The van der Waals surface area contributed by atoms with E-state index in [0.717, 1.165) is 31.1 Å². The smallest absolute Gasteiger partial charge is 0.335 e. The normalized spacial score (nSPS) is 16.0. The van der Waals surface area contributed by atoms with E-state index < -0.39 is 5.97 Å². The molecule has 0 atom stereocenters. The molecule has 0 unspecified atom stereocenters. The Bertz CT molecular complexity index is 700. The summed E-state index contributed by atoms with van der Waals surface area (Å²) in [7, 11) is 0. The van der Waals surface area contributed by atoms with Crippen LogP contribution in [0.5, 0.6) is 0 Å². The molecular weight excluding hydrogens is 310 g/mol. The van der Waals surface area contributed by atoms with Crippen molar-refractivity contribution in [3.63, 3.8) is 0 Å². The molecule has 1 saturated heterocycles. The summed E-state index contributed by atoms with van der Waals surface area (Å²) < 4.78 is 0. The lowest BCUT2D eigenvalue weighted by Gasteiger charge is -2.32. The van der Waals surface area contributed by atoms with Gasteiger partial charge in [0.15, 0.2) is 0 Å². The van der Waals surface area contributed by atoms with Crippen molar-refractivity contribution in [3.05, 3.63) is 70.8 Å². The van der Waals surface area contributed by atoms with Crippen LogP contribution in [0, 0.1) is 12.8 Å². The Kier molecular flexibility index (Phi) is 5.87. The number of piperidine rings is 1. The van der Waals surface area contributed by atoms with Gasteiger partial charge in [0.05, 0.1) is 5.56 Å². The Labute approximate surface area is 150 Å². The third-order valence-corrected chi connectivity index (χ3v) is 5.25. The number of hydrogen-bond donors (Lipinski definition) is 1. The molecule has 0 aliphatic carbocycles. The second-order valence-corrected chi connectivity index (χ2v) is 7.25. The first-order valence-corrected chi connectivity index (χ1v) is 9.20. The first-order chi connectivity index (χ1) is 12.1. The van der Waals surface area contributed by atoms with Crippen LogP contribution in [0.3, 0.4) is 0 Å². The molecule has 1 N–H and O–H groups in total. The van der Waals surface area contributed by atoms with Crippen molar-refractivity contribution in [2.24, 2.45) is 5.92 Å². The monoisotopic (exact) mass is 337 g/mol. The molecule has 3 rings (SSSR count). The predicted molar refractivity (Wildman–Crippen MR) is 101 cm³/mol. The van der Waals surface area contributed by atoms with E-state index in [4.69, 9.17) is 5.11 Å². The highest BCUT2D eigenvalue weighted by molar-refractivity contribution is 5.87. The first-order valence-electron chi connectivity index (χ1n) is 9.20. The summed E-state index contributed by atoms with van der Waals surface area (Å²) >= 11 is 0. The van der Waals surface area contributed by atoms with E-state index in [1.165, 1.54) is 36.8 Å². The molecule has 3 nitrogen and oxygen atoms in total. The van der Waals surface area contributed by atoms with Crippen molar-refractivity contribution in [2.45, 2.75) is 39.2 Å². The van der Waals surface area contributed by atoms with Crippen molar-refractivity contribution >= 4 is 5.97 Å². The van der Waals surface area contributed by atoms with E-state index in [1.54, 1.807) is 12.1 Å². The zero-order chi connectivity index (χ0) is 17.6. The van der Waals surface area contributed by atoms with Gasteiger partial charge in [-0.2, -0.15) is 0 Å². The third-order valence-electron chi connectivity index (χ3n) is 5.25. The molecule has 0 amide bonds. The number of aryl methyl sites for hydroxylation is 2. The first kappa shape index (κ1) is 17.7. The maximum absolute atomic E-state index is 11.1. The predicted octanol–water partition coefficient (Wildman–Crippen LogP) is 4.54. The van der Waals surface area contributed by atoms with Crippen LogP contribution >= 0.6 is 0 Å². The highest BCUT2D eigenvalue weighted by Gasteiger charge is 2.19. The van der Waals surface area contributed by atoms with Gasteiger partial charge >= 0.3 is 5.97 Å². The van der Waals surface area contributed by atoms with E-state index in [-0.39, 0.29) is 0 Å². The van der Waals surface area contributed by atoms with Gasteiger partial charge < -0.3 is 5.11 Å². The van der Waals surface area contributed by atoms with E-state index in [0.29, 0.717) is 5.56 Å². The number of hydrogen-bond acceptors (Lipinski definition) is 2. The van der Waals surface area contributed by atoms with Crippen molar-refractivity contribution in [1.29, 1.82) is 0 Å². The number of carbonyl (C=O) groups is 1. The van der Waals surface area contributed by atoms with Gasteiger partial charge in [-0.15, -0.1) is 0 Å². The van der Waals surface area contributed by atoms with E-state index >= 15 is 0 Å². The molecule has 3 heteroatoms. The Hall–Kier alpha value is -2.13. The zero-order valence-corrected chi connectivity index (χ0v) is 14.9. The van der Waals surface area contributed by atoms with E-state index in [2.05, 4.69) is 36.1 Å². The minimum atomic E-state index is -0.850. The molecule has 0 spiro atoms. The minimum absolute atomic E-state index is 0.380. The number of benzene rings is 2. The van der Waals surface area contributed by atoms with Gasteiger partial charge in [0, 0.05) is 6.54 Å². The largest absolute Gasteiger partial charge is 0.478 e. The molecule has 1 aliphatic rings. The third kappa shape index (κ3) is 5.17. The minimum Gasteiger partial charge on any atom is -0.478 e. The summed E-state index contributed by atoms with van der Waals surface area (Å²) in [6.07, 6.45) is 4.92. The van der Waals surface area contributed by atoms with Crippen LogP contribution < -0.4 is 0 Å². The second kappa shape index (κ2) is 8.30. The lowest BCUT2D eigenvalue weighted by molar-refractivity contribution is 0.0696. The van der Waals surface area contributed by atoms with Crippen LogP contribution in [0.15, 0.2) is 48.5 Å². The van der Waals surface area contributed by atoms with Crippen molar-refractivity contribution in [1.82, 2.24) is 4.90 Å². The highest BCUT2D eigenvalue weighted by atomic mass is 16.4. The summed E-state index contributed by atoms with van der Waals surface area (Å²) in [5.74, 6) is -0.0421. The molecule has 1 aliphatic heterocycles. The van der Waals surface area contributed by atoms with Crippen molar-refractivity contribution in [2.75, 3.05) is 13.1 Å². The van der Waals surface area contributed by atoms with Gasteiger partial charge in [0.25, 0.3) is 0 Å². The van der Waals surface area contributed by atoms with E-state index in [9.17, 15) is 4.79 Å². The maximum atomic E-state index is 11.1. The Morgan fingerprint density at radius 2 is 1.80 bits per heavy atom. The molecule has 0 bridgehead atoms. The second-order valence-electron chi connectivity index (χ2n) is 7.25. The van der Waals surface area contributed by atoms with E-state index in [1.807, 2.05) is 12.1 Å². The summed E-state index contributed by atoms with van der Waals surface area (Å²) in [5.41, 5.74) is 4.24. The fourth-order valence-corrected chi connectivity index (χ4v) is 3.62. The molecule has 2 aromatic carbocycles. The Morgan fingerprint density at radius 3 is 2.48 bits per heavy atom. The standard InChI is InChI=1S/C22H27NO2/c1-17-5-7-18(8-6-17)9-10-19-11-13-23(14-12-19)16-20-3-2-4-21(15-20)22(24)25/h2-8,15,19H,9-14,16H2,1H3,(H,24,25). The Balaban J connectivity index is 1.44. The maximum Gasteiger partial charge on any atom is 0.335 e. The lowest BCUT2D eigenvalue weighted by Crippen LogP contribution is -2.33. The van der Waals surface area contributed by atoms with Crippen LogP contribution in [-0.2, 0) is 13.0 Å². The van der Waals surface area contributed by atoms with Crippen LogP contribution in [-0.4, -0.2) is 29.1 Å². The van der Waals surface area contributed by atoms with Gasteiger partial charge in [0.1, 0.15) is 0 Å². The van der Waals surface area contributed by atoms with Crippen LogP contribution in [0.4, 0.5) is 0 Å². The van der Waals surface area contributed by atoms with Gasteiger partial charge in [0.2, 0.25) is 0 Å². The SMILES string of the molecule is Cc1ccc(CCC2CCN(Cc3cccc(C(=O)O)c3)CC2)cc1. The van der Waals surface area contributed by atoms with Gasteiger partial charge in [-0.05, 0) is 74.9 Å². The van der Waals surface area contributed by atoms with Gasteiger partial charge in [-0.1, -0.05) is 42.0 Å². The molecule has 0 saturated carbocycles. The average Bonchev–Trinajstić information content (AvgIpc) is 2.63. The summed E-state index contributed by atoms with van der Waals surface area (Å²) in [6, 6.07) is 16.2. The van der Waals surface area contributed by atoms with Gasteiger partial charge in [-0.25, -0.2) is 4.79 Å². The summed E-state index contributed by atoms with van der Waals surface area (Å²) in [5, 5.41) is 9.10. The molecule has 0 aromatic heterocycles. The fourth-order valence-electron chi connectivity index (χ4n) is 3.62. The van der Waals surface area contributed by atoms with Crippen molar-refractivity contribution < 1.29 is 9.90 Å². The molecule has 1 fully saturated rings. The van der Waals surface area contributed by atoms with Gasteiger partial charge in [-0.3, -0.25) is 4.90 Å². The number of nitrogens with zero attached hydrogens (tertiary/aromatic N) is 1. The molecule has 25 heavy (non-hydrogen) atoms. The molecule has 2 aromatic rings. The summed E-state index contributed by atoms with van der Waals surface area (Å²) in [6.45, 7) is 5.20. The topological polar surface area (TPSA) is 40.5 Å². The number of aromatic carboxylic acids is 1. The molecular formula is C22H27NO2. The van der Waals surface area contributed by atoms with Crippen LogP contribution in [0.2, 0.25) is 0 Å². The number of carboxylic acids is 1. The fraction of sp³-hybridized carbons (Fsp3) is 0.409. The quantitative estimate of drug-likeness (QED) is 0.841. The molecule has 0 radical (unpaired) electrons.